The van der Waals surface area contributed by atoms with Gasteiger partial charge in [-0.2, -0.15) is 4.98 Å². The Morgan fingerprint density at radius 3 is 2.62 bits per heavy atom. The van der Waals surface area contributed by atoms with Crippen LogP contribution in [0.5, 0.6) is 0 Å². The highest BCUT2D eigenvalue weighted by atomic mass is 79.9. The summed E-state index contributed by atoms with van der Waals surface area (Å²) in [6, 6.07) is 13.8. The minimum atomic E-state index is 0.477. The fourth-order valence-electron chi connectivity index (χ4n) is 2.07. The van der Waals surface area contributed by atoms with Crippen LogP contribution in [0.15, 0.2) is 51.5 Å². The zero-order valence-electron chi connectivity index (χ0n) is 11.5. The highest BCUT2D eigenvalue weighted by Gasteiger charge is 2.10. The third-order valence-corrected chi connectivity index (χ3v) is 3.58. The molecule has 0 fully saturated rings. The third-order valence-electron chi connectivity index (χ3n) is 3.12. The van der Waals surface area contributed by atoms with Crippen LogP contribution in [0.1, 0.15) is 17.0 Å². The minimum absolute atomic E-state index is 0.477. The molecule has 0 radical (unpaired) electrons. The molecular formula is C16H14BrN3O. The van der Waals surface area contributed by atoms with Crippen molar-refractivity contribution in [3.05, 3.63) is 63.9 Å². The summed E-state index contributed by atoms with van der Waals surface area (Å²) in [5.74, 6) is 1.14. The van der Waals surface area contributed by atoms with E-state index >= 15 is 0 Å². The summed E-state index contributed by atoms with van der Waals surface area (Å²) in [5.41, 5.74) is 9.67. The lowest BCUT2D eigenvalue weighted by Crippen LogP contribution is -1.91. The van der Waals surface area contributed by atoms with Gasteiger partial charge in [-0.15, -0.1) is 0 Å². The molecule has 0 spiro atoms. The second kappa shape index (κ2) is 5.69. The van der Waals surface area contributed by atoms with E-state index in [1.807, 2.05) is 18.2 Å². The van der Waals surface area contributed by atoms with E-state index in [0.29, 0.717) is 23.8 Å². The molecule has 0 unspecified atom stereocenters. The highest BCUT2D eigenvalue weighted by Crippen LogP contribution is 2.25. The number of rotatable bonds is 3. The number of nitrogens with two attached hydrogens (primary N) is 1. The van der Waals surface area contributed by atoms with Crippen molar-refractivity contribution < 1.29 is 4.52 Å². The van der Waals surface area contributed by atoms with Crippen LogP contribution in [-0.4, -0.2) is 10.1 Å². The molecule has 3 aromatic rings. The molecule has 0 saturated carbocycles. The van der Waals surface area contributed by atoms with Gasteiger partial charge >= 0.3 is 0 Å². The van der Waals surface area contributed by atoms with Gasteiger partial charge in [0.2, 0.25) is 0 Å². The van der Waals surface area contributed by atoms with Crippen LogP contribution in [0.2, 0.25) is 0 Å². The fraction of sp³-hybridized carbons (Fsp3) is 0.125. The van der Waals surface area contributed by atoms with Crippen molar-refractivity contribution in [3.8, 4) is 11.5 Å². The summed E-state index contributed by atoms with van der Waals surface area (Å²) < 4.78 is 6.20. The van der Waals surface area contributed by atoms with Crippen LogP contribution in [0.25, 0.3) is 11.5 Å². The van der Waals surface area contributed by atoms with Gasteiger partial charge in [-0.1, -0.05) is 50.9 Å². The quantitative estimate of drug-likeness (QED) is 0.730. The van der Waals surface area contributed by atoms with E-state index in [1.54, 1.807) is 0 Å². The largest absolute Gasteiger partial charge is 0.399 e. The van der Waals surface area contributed by atoms with Crippen molar-refractivity contribution >= 4 is 21.6 Å². The monoisotopic (exact) mass is 343 g/mol. The van der Waals surface area contributed by atoms with Crippen LogP contribution < -0.4 is 5.73 Å². The number of aryl methyl sites for hydroxylation is 1. The summed E-state index contributed by atoms with van der Waals surface area (Å²) in [6.07, 6.45) is 0.646. The summed E-state index contributed by atoms with van der Waals surface area (Å²) in [4.78, 5) is 4.43. The first-order chi connectivity index (χ1) is 10.1. The molecule has 1 heterocycles. The van der Waals surface area contributed by atoms with E-state index in [4.69, 9.17) is 10.3 Å². The Kier molecular flexibility index (Phi) is 3.75. The minimum Gasteiger partial charge on any atom is -0.399 e. The number of hydrogen-bond donors (Lipinski definition) is 1. The van der Waals surface area contributed by atoms with Crippen LogP contribution in [0.4, 0.5) is 5.69 Å². The molecule has 0 amide bonds. The second-order valence-corrected chi connectivity index (χ2v) is 5.87. The maximum absolute atomic E-state index is 5.82. The molecule has 5 heteroatoms. The van der Waals surface area contributed by atoms with Gasteiger partial charge in [0.1, 0.15) is 0 Å². The van der Waals surface area contributed by atoms with Gasteiger partial charge in [-0.3, -0.25) is 0 Å². The van der Waals surface area contributed by atoms with E-state index in [2.05, 4.69) is 57.3 Å². The summed E-state index contributed by atoms with van der Waals surface area (Å²) in [6.45, 7) is 2.06. The van der Waals surface area contributed by atoms with Gasteiger partial charge < -0.3 is 10.3 Å². The summed E-state index contributed by atoms with van der Waals surface area (Å²) in [7, 11) is 0. The van der Waals surface area contributed by atoms with Crippen LogP contribution in [0.3, 0.4) is 0 Å². The second-order valence-electron chi connectivity index (χ2n) is 4.95. The number of halogens is 1. The lowest BCUT2D eigenvalue weighted by atomic mass is 10.1. The van der Waals surface area contributed by atoms with Crippen LogP contribution >= 0.6 is 15.9 Å². The van der Waals surface area contributed by atoms with Crippen molar-refractivity contribution in [2.45, 2.75) is 13.3 Å². The van der Waals surface area contributed by atoms with Gasteiger partial charge in [0.25, 0.3) is 5.89 Å². The first-order valence-corrected chi connectivity index (χ1v) is 7.34. The predicted molar refractivity (Wildman–Crippen MR) is 85.8 cm³/mol. The Labute approximate surface area is 131 Å². The van der Waals surface area contributed by atoms with Gasteiger partial charge in [0, 0.05) is 22.1 Å². The van der Waals surface area contributed by atoms with Crippen molar-refractivity contribution in [1.29, 1.82) is 0 Å². The topological polar surface area (TPSA) is 64.9 Å². The van der Waals surface area contributed by atoms with E-state index in [1.165, 1.54) is 5.56 Å². The number of hydrogen-bond acceptors (Lipinski definition) is 4. The number of anilines is 1. The first kappa shape index (κ1) is 13.8. The molecule has 0 atom stereocenters. The van der Waals surface area contributed by atoms with Crippen molar-refractivity contribution in [3.63, 3.8) is 0 Å². The molecule has 1 aromatic heterocycles. The van der Waals surface area contributed by atoms with Gasteiger partial charge in [-0.05, 0) is 30.7 Å². The molecular weight excluding hydrogens is 330 g/mol. The van der Waals surface area contributed by atoms with Crippen molar-refractivity contribution in [1.82, 2.24) is 10.1 Å². The Morgan fingerprint density at radius 1 is 1.14 bits per heavy atom. The summed E-state index contributed by atoms with van der Waals surface area (Å²) >= 11 is 3.41. The molecule has 2 aromatic carbocycles. The van der Waals surface area contributed by atoms with Gasteiger partial charge in [0.15, 0.2) is 5.82 Å². The van der Waals surface area contributed by atoms with E-state index in [9.17, 15) is 0 Å². The van der Waals surface area contributed by atoms with Gasteiger partial charge in [-0.25, -0.2) is 0 Å². The smallest absolute Gasteiger partial charge is 0.258 e. The average Bonchev–Trinajstić information content (AvgIpc) is 2.89. The lowest BCUT2D eigenvalue weighted by Gasteiger charge is -1.99. The molecule has 0 aliphatic heterocycles. The zero-order chi connectivity index (χ0) is 14.8. The highest BCUT2D eigenvalue weighted by molar-refractivity contribution is 9.10. The van der Waals surface area contributed by atoms with Crippen LogP contribution in [-0.2, 0) is 6.42 Å². The standard InChI is InChI=1S/C16H14BrN3O/c1-10-2-4-11(5-3-10)6-15-19-16(21-20-15)12-7-13(17)9-14(18)8-12/h2-5,7-9H,6,18H2,1H3. The average molecular weight is 344 g/mol. The molecule has 4 nitrogen and oxygen atoms in total. The number of aromatic nitrogens is 2. The Bertz CT molecular complexity index is 745. The molecule has 0 aliphatic rings. The molecule has 21 heavy (non-hydrogen) atoms. The van der Waals surface area contributed by atoms with E-state index in [0.717, 1.165) is 15.6 Å². The Hall–Kier alpha value is -2.14. The lowest BCUT2D eigenvalue weighted by molar-refractivity contribution is 0.424. The maximum Gasteiger partial charge on any atom is 0.258 e. The fourth-order valence-corrected chi connectivity index (χ4v) is 2.58. The Morgan fingerprint density at radius 2 is 1.90 bits per heavy atom. The molecule has 0 saturated heterocycles. The van der Waals surface area contributed by atoms with Gasteiger partial charge in [0.05, 0.1) is 0 Å². The third kappa shape index (κ3) is 3.31. The number of nitrogen functional groups attached to an aromatic ring is 1. The number of nitrogens with zero attached hydrogens (tertiary/aromatic N) is 2. The SMILES string of the molecule is Cc1ccc(Cc2noc(-c3cc(N)cc(Br)c3)n2)cc1. The maximum atomic E-state index is 5.82. The molecule has 106 valence electrons. The van der Waals surface area contributed by atoms with E-state index in [-0.39, 0.29) is 0 Å². The molecule has 0 aliphatic carbocycles. The van der Waals surface area contributed by atoms with E-state index < -0.39 is 0 Å². The Balaban J connectivity index is 1.84. The summed E-state index contributed by atoms with van der Waals surface area (Å²) in [5, 5.41) is 4.03. The van der Waals surface area contributed by atoms with Crippen LogP contribution in [0, 0.1) is 6.92 Å². The van der Waals surface area contributed by atoms with Crippen molar-refractivity contribution in [2.24, 2.45) is 0 Å². The molecule has 2 N–H and O–H groups in total. The first-order valence-electron chi connectivity index (χ1n) is 6.55. The normalized spacial score (nSPS) is 10.8. The predicted octanol–water partition coefficient (Wildman–Crippen LogP) is 3.98. The molecule has 3 rings (SSSR count). The molecule has 0 bridgehead atoms. The zero-order valence-corrected chi connectivity index (χ0v) is 13.1. The number of benzene rings is 2. The van der Waals surface area contributed by atoms with Crippen molar-refractivity contribution in [2.75, 3.05) is 5.73 Å².